The van der Waals surface area contributed by atoms with Crippen molar-refractivity contribution >= 4 is 69.7 Å². The summed E-state index contributed by atoms with van der Waals surface area (Å²) < 4.78 is 12.6. The number of anilines is 3. The van der Waals surface area contributed by atoms with Gasteiger partial charge in [-0.3, -0.25) is 43.2 Å². The molecule has 0 aliphatic rings. The van der Waals surface area contributed by atoms with Crippen molar-refractivity contribution in [2.45, 2.75) is 57.8 Å². The number of nitrogens with zero attached hydrogens (tertiary/aromatic N) is 13. The van der Waals surface area contributed by atoms with Gasteiger partial charge in [-0.1, -0.05) is 0 Å². The second-order valence-electron chi connectivity index (χ2n) is 21.3. The molecule has 0 saturated heterocycles. The molecule has 26 heteroatoms. The summed E-state index contributed by atoms with van der Waals surface area (Å²) in [6.45, 7) is 1.09. The fraction of sp³-hybridized carbons (Fsp3) is 0.362. The summed E-state index contributed by atoms with van der Waals surface area (Å²) in [4.78, 5) is 138. The molecular weight excluding hydrogens is 1080 g/mol. The summed E-state index contributed by atoms with van der Waals surface area (Å²) in [5, 5.41) is 10.9. The second-order valence-corrected chi connectivity index (χ2v) is 21.3. The third-order valence-electron chi connectivity index (χ3n) is 14.0. The van der Waals surface area contributed by atoms with Crippen LogP contribution in [-0.2, 0) is 86.9 Å². The van der Waals surface area contributed by atoms with E-state index in [1.54, 1.807) is 139 Å². The molecule has 0 atom stereocenters. The zero-order valence-electron chi connectivity index (χ0n) is 48.8. The standard InChI is InChI=1S/C58H69N17O9/c1-67(2)18-12-11-15-46(77)42-20-35(28-69(42)4)22-47(78)43-21-36(29-70(43)5)23-48(79)51-62-40(33-74(51)9)27-49(80)52-61-37(32-73(52)8)24-41(76)14-13-16-60-55(81)44-25-38(30-71(44)6)63-56(82)45-26-39(31-72(45)7)64-58(84)54-65-50(34-75(54)10)66-57(83)53-59-17-19-68(53)3/h17,19-21,25-26,28-34H,11-16,18,22-24,27H2,1-10H3,(H,60,81)(H,63,82)(H,64,84)(H,66,83). The summed E-state index contributed by atoms with van der Waals surface area (Å²) in [7, 11) is 17.4. The van der Waals surface area contributed by atoms with E-state index >= 15 is 0 Å². The van der Waals surface area contributed by atoms with Gasteiger partial charge in [0.2, 0.25) is 17.4 Å². The number of Topliss-reactive ketones (excluding diaryl/α,β-unsaturated/α-hetero) is 5. The van der Waals surface area contributed by atoms with Crippen molar-refractivity contribution < 1.29 is 43.2 Å². The first-order valence-electron chi connectivity index (χ1n) is 27.1. The average Bonchev–Trinajstić information content (AvgIpc) is 4.24. The Morgan fingerprint density at radius 3 is 1.56 bits per heavy atom. The highest BCUT2D eigenvalue weighted by atomic mass is 16.2. The molecule has 4 amide bonds. The van der Waals surface area contributed by atoms with Crippen molar-refractivity contribution in [3.63, 3.8) is 0 Å². The molecule has 0 aliphatic heterocycles. The lowest BCUT2D eigenvalue weighted by Gasteiger charge is -2.08. The Morgan fingerprint density at radius 1 is 0.440 bits per heavy atom. The average molecular weight is 1150 g/mol. The van der Waals surface area contributed by atoms with E-state index in [1.165, 1.54) is 33.7 Å². The third kappa shape index (κ3) is 14.6. The number of imidazole rings is 4. The van der Waals surface area contributed by atoms with E-state index in [4.69, 9.17) is 0 Å². The SMILES string of the molecule is CN(C)CCCCC(=O)c1cc(CC(=O)c2cc(CC(=O)c3nc(CC(=O)c4nc(CC(=O)CCCNC(=O)c5cc(NC(=O)c6cc(NC(=O)c7nc(NC(=O)c8nccn8C)cn7C)cn6C)cn5C)cn4C)cn3C)cn2C)cn1C. The fourth-order valence-electron chi connectivity index (χ4n) is 9.85. The first-order valence-corrected chi connectivity index (χ1v) is 27.1. The number of aryl methyl sites for hydroxylation is 8. The first-order chi connectivity index (χ1) is 39.9. The van der Waals surface area contributed by atoms with Gasteiger partial charge in [-0.15, -0.1) is 0 Å². The highest BCUT2D eigenvalue weighted by Gasteiger charge is 2.25. The molecular formula is C58H69N17O9. The van der Waals surface area contributed by atoms with Crippen LogP contribution >= 0.6 is 0 Å². The number of unbranched alkanes of at least 4 members (excludes halogenated alkanes) is 1. The lowest BCUT2D eigenvalue weighted by atomic mass is 10.1. The molecule has 0 bridgehead atoms. The zero-order valence-corrected chi connectivity index (χ0v) is 48.8. The number of carbonyl (C=O) groups is 9. The number of amides is 4. The van der Waals surface area contributed by atoms with Gasteiger partial charge in [0.25, 0.3) is 23.6 Å². The van der Waals surface area contributed by atoms with Crippen molar-refractivity contribution in [1.29, 1.82) is 0 Å². The minimum absolute atomic E-state index is 0.00326. The normalized spacial score (nSPS) is 11.3. The van der Waals surface area contributed by atoms with Gasteiger partial charge < -0.3 is 62.7 Å². The molecule has 84 heavy (non-hydrogen) atoms. The van der Waals surface area contributed by atoms with Crippen LogP contribution in [0.25, 0.3) is 0 Å². The molecule has 8 aromatic rings. The number of ketones is 5. The summed E-state index contributed by atoms with van der Waals surface area (Å²) in [6.07, 6.45) is 17.0. The molecule has 0 saturated carbocycles. The van der Waals surface area contributed by atoms with Gasteiger partial charge in [-0.05, 0) is 75.3 Å². The maximum absolute atomic E-state index is 13.6. The van der Waals surface area contributed by atoms with Crippen molar-refractivity contribution in [3.05, 3.63) is 149 Å². The number of aromatic nitrogens is 12. The van der Waals surface area contributed by atoms with Crippen molar-refractivity contribution in [2.24, 2.45) is 56.4 Å². The van der Waals surface area contributed by atoms with Gasteiger partial charge in [-0.2, -0.15) is 0 Å². The third-order valence-corrected chi connectivity index (χ3v) is 14.0. The van der Waals surface area contributed by atoms with Crippen LogP contribution in [0.5, 0.6) is 0 Å². The van der Waals surface area contributed by atoms with Gasteiger partial charge in [0, 0.05) is 144 Å². The highest BCUT2D eigenvalue weighted by molar-refractivity contribution is 6.07. The molecule has 440 valence electrons. The molecule has 8 aromatic heterocycles. The smallest absolute Gasteiger partial charge is 0.292 e. The van der Waals surface area contributed by atoms with Crippen molar-refractivity contribution in [3.8, 4) is 0 Å². The summed E-state index contributed by atoms with van der Waals surface area (Å²) >= 11 is 0. The Balaban J connectivity index is 0.758. The maximum Gasteiger partial charge on any atom is 0.292 e. The lowest BCUT2D eigenvalue weighted by molar-refractivity contribution is -0.118. The molecule has 0 unspecified atom stereocenters. The van der Waals surface area contributed by atoms with E-state index in [1.807, 2.05) is 14.1 Å². The van der Waals surface area contributed by atoms with Crippen molar-refractivity contribution in [1.82, 2.24) is 66.7 Å². The van der Waals surface area contributed by atoms with E-state index in [9.17, 15) is 43.2 Å². The van der Waals surface area contributed by atoms with E-state index in [2.05, 4.69) is 46.1 Å². The van der Waals surface area contributed by atoms with Crippen LogP contribution in [-0.4, -0.2) is 141 Å². The van der Waals surface area contributed by atoms with Gasteiger partial charge in [0.15, 0.2) is 34.9 Å². The first kappa shape index (κ1) is 60.3. The van der Waals surface area contributed by atoms with E-state index in [0.717, 1.165) is 24.9 Å². The summed E-state index contributed by atoms with van der Waals surface area (Å²) in [5.74, 6) is -2.36. The number of rotatable bonds is 28. The largest absolute Gasteiger partial charge is 0.351 e. The topological polar surface area (TPSA) is 296 Å². The van der Waals surface area contributed by atoms with Crippen LogP contribution in [0.15, 0.2) is 80.0 Å². The van der Waals surface area contributed by atoms with Crippen LogP contribution in [0.3, 0.4) is 0 Å². The second kappa shape index (κ2) is 25.9. The Kier molecular flexibility index (Phi) is 18.6. The molecule has 0 aliphatic carbocycles. The minimum atomic E-state index is -0.585. The number of carbonyl (C=O) groups excluding carboxylic acids is 9. The number of hydrogen-bond donors (Lipinski definition) is 4. The molecule has 0 spiro atoms. The van der Waals surface area contributed by atoms with Crippen LogP contribution in [0, 0.1) is 0 Å². The molecule has 0 radical (unpaired) electrons. The molecule has 8 rings (SSSR count). The van der Waals surface area contributed by atoms with Crippen molar-refractivity contribution in [2.75, 3.05) is 43.1 Å². The zero-order chi connectivity index (χ0) is 60.7. The molecule has 0 fully saturated rings. The van der Waals surface area contributed by atoms with Gasteiger partial charge in [-0.25, -0.2) is 19.9 Å². The maximum atomic E-state index is 13.6. The summed E-state index contributed by atoms with van der Waals surface area (Å²) in [6, 6.07) is 6.46. The van der Waals surface area contributed by atoms with Crippen LogP contribution in [0.4, 0.5) is 17.2 Å². The Morgan fingerprint density at radius 2 is 0.964 bits per heavy atom. The van der Waals surface area contributed by atoms with Gasteiger partial charge in [0.05, 0.1) is 47.0 Å². The Bertz CT molecular complexity index is 3840. The highest BCUT2D eigenvalue weighted by Crippen LogP contribution is 2.21. The monoisotopic (exact) mass is 1150 g/mol. The fourth-order valence-corrected chi connectivity index (χ4v) is 9.85. The summed E-state index contributed by atoms with van der Waals surface area (Å²) in [5.41, 5.74) is 4.21. The predicted octanol–water partition coefficient (Wildman–Crippen LogP) is 4.24. The molecule has 26 nitrogen and oxygen atoms in total. The van der Waals surface area contributed by atoms with E-state index < -0.39 is 23.6 Å². The van der Waals surface area contributed by atoms with E-state index in [-0.39, 0.29) is 108 Å². The van der Waals surface area contributed by atoms with Crippen LogP contribution in [0.2, 0.25) is 0 Å². The predicted molar refractivity (Wildman–Crippen MR) is 309 cm³/mol. The molecule has 4 N–H and O–H groups in total. The Hall–Kier alpha value is -9.85. The quantitative estimate of drug-likeness (QED) is 0.0394. The van der Waals surface area contributed by atoms with Gasteiger partial charge in [0.1, 0.15) is 17.2 Å². The van der Waals surface area contributed by atoms with E-state index in [0.29, 0.717) is 52.6 Å². The minimum Gasteiger partial charge on any atom is -0.351 e. The lowest BCUT2D eigenvalue weighted by Crippen LogP contribution is -2.26. The number of hydrogen-bond acceptors (Lipinski definition) is 14. The number of nitrogens with one attached hydrogen (secondary N) is 4. The Labute approximate surface area is 483 Å². The van der Waals surface area contributed by atoms with Crippen LogP contribution in [0.1, 0.15) is 139 Å². The molecule has 8 heterocycles. The molecule has 0 aromatic carbocycles. The van der Waals surface area contributed by atoms with Gasteiger partial charge >= 0.3 is 0 Å². The van der Waals surface area contributed by atoms with Crippen LogP contribution < -0.4 is 21.3 Å².